The van der Waals surface area contributed by atoms with E-state index in [1.807, 2.05) is 18.2 Å². The molecule has 2 aromatic rings. The zero-order valence-electron chi connectivity index (χ0n) is 7.71. The Morgan fingerprint density at radius 2 is 2.13 bits per heavy atom. The number of thiophene rings is 1. The molecule has 2 nitrogen and oxygen atoms in total. The van der Waals surface area contributed by atoms with Gasteiger partial charge >= 0.3 is 0 Å². The summed E-state index contributed by atoms with van der Waals surface area (Å²) in [6, 6.07) is 7.87. The second kappa shape index (κ2) is 5.09. The minimum atomic E-state index is 0.793. The maximum Gasteiger partial charge on any atom is 0.127 e. The normalized spacial score (nSPS) is 10.3. The zero-order valence-corrected chi connectivity index (χ0v) is 11.7. The molecule has 0 fully saturated rings. The van der Waals surface area contributed by atoms with Crippen LogP contribution in [0.3, 0.4) is 0 Å². The van der Waals surface area contributed by atoms with E-state index in [4.69, 9.17) is 0 Å². The average molecular weight is 348 g/mol. The van der Waals surface area contributed by atoms with Crippen molar-refractivity contribution in [3.63, 3.8) is 0 Å². The van der Waals surface area contributed by atoms with Gasteiger partial charge in [-0.15, -0.1) is 11.3 Å². The van der Waals surface area contributed by atoms with E-state index in [0.29, 0.717) is 0 Å². The summed E-state index contributed by atoms with van der Waals surface area (Å²) >= 11 is 8.56. The predicted octanol–water partition coefficient (Wildman–Crippen LogP) is 4.28. The summed E-state index contributed by atoms with van der Waals surface area (Å²) in [4.78, 5) is 5.57. The molecule has 0 spiro atoms. The highest BCUT2D eigenvalue weighted by molar-refractivity contribution is 9.10. The van der Waals surface area contributed by atoms with Gasteiger partial charge in [-0.2, -0.15) is 0 Å². The van der Waals surface area contributed by atoms with E-state index in [9.17, 15) is 0 Å². The van der Waals surface area contributed by atoms with Gasteiger partial charge in [0.2, 0.25) is 0 Å². The number of nitrogens with zero attached hydrogens (tertiary/aromatic N) is 1. The van der Waals surface area contributed by atoms with Gasteiger partial charge in [0.25, 0.3) is 0 Å². The largest absolute Gasteiger partial charge is 0.365 e. The Bertz CT molecular complexity index is 456. The van der Waals surface area contributed by atoms with Gasteiger partial charge in [0.15, 0.2) is 0 Å². The number of hydrogen-bond acceptors (Lipinski definition) is 3. The summed E-state index contributed by atoms with van der Waals surface area (Å²) in [6.07, 6.45) is 0. The predicted molar refractivity (Wildman–Crippen MR) is 71.3 cm³/mol. The van der Waals surface area contributed by atoms with Crippen LogP contribution in [0.4, 0.5) is 5.82 Å². The molecule has 0 aliphatic heterocycles. The Balaban J connectivity index is 2.02. The quantitative estimate of drug-likeness (QED) is 0.838. The molecule has 0 aliphatic carbocycles. The average Bonchev–Trinajstić information content (AvgIpc) is 2.61. The summed E-state index contributed by atoms with van der Waals surface area (Å²) < 4.78 is 1.99. The first kappa shape index (κ1) is 11.1. The number of hydrogen-bond donors (Lipinski definition) is 1. The topological polar surface area (TPSA) is 24.9 Å². The standard InChI is InChI=1S/C10H8Br2N2S/c11-7-4-5-15-8(7)6-13-10-3-1-2-9(12)14-10/h1-5H,6H2,(H,13,14). The van der Waals surface area contributed by atoms with Gasteiger partial charge in [-0.25, -0.2) is 4.98 Å². The number of halogens is 2. The van der Waals surface area contributed by atoms with Gasteiger partial charge in [0.05, 0.1) is 6.54 Å². The SMILES string of the molecule is Brc1cccc(NCc2sccc2Br)n1. The first-order valence-electron chi connectivity index (χ1n) is 4.34. The molecule has 0 saturated heterocycles. The Morgan fingerprint density at radius 3 is 2.80 bits per heavy atom. The number of aromatic nitrogens is 1. The van der Waals surface area contributed by atoms with Crippen LogP contribution >= 0.6 is 43.2 Å². The number of nitrogens with one attached hydrogen (secondary N) is 1. The van der Waals surface area contributed by atoms with Crippen molar-refractivity contribution in [2.45, 2.75) is 6.54 Å². The first-order chi connectivity index (χ1) is 7.25. The number of anilines is 1. The molecular weight excluding hydrogens is 340 g/mol. The van der Waals surface area contributed by atoms with Crippen LogP contribution in [0.5, 0.6) is 0 Å². The van der Waals surface area contributed by atoms with E-state index in [1.165, 1.54) is 4.88 Å². The highest BCUT2D eigenvalue weighted by atomic mass is 79.9. The van der Waals surface area contributed by atoms with Crippen LogP contribution in [0.2, 0.25) is 0 Å². The molecule has 5 heteroatoms. The molecule has 2 rings (SSSR count). The van der Waals surface area contributed by atoms with E-state index in [2.05, 4.69) is 53.6 Å². The van der Waals surface area contributed by atoms with Crippen LogP contribution in [-0.4, -0.2) is 4.98 Å². The van der Waals surface area contributed by atoms with E-state index < -0.39 is 0 Å². The summed E-state index contributed by atoms with van der Waals surface area (Å²) in [5.74, 6) is 0.879. The Morgan fingerprint density at radius 1 is 1.27 bits per heavy atom. The lowest BCUT2D eigenvalue weighted by atomic mass is 10.4. The first-order valence-corrected chi connectivity index (χ1v) is 6.80. The molecule has 78 valence electrons. The lowest BCUT2D eigenvalue weighted by molar-refractivity contribution is 1.12. The lowest BCUT2D eigenvalue weighted by Gasteiger charge is -2.04. The van der Waals surface area contributed by atoms with E-state index >= 15 is 0 Å². The highest BCUT2D eigenvalue weighted by Gasteiger charge is 2.01. The fourth-order valence-electron chi connectivity index (χ4n) is 1.13. The van der Waals surface area contributed by atoms with Gasteiger partial charge in [-0.1, -0.05) is 6.07 Å². The van der Waals surface area contributed by atoms with Gasteiger partial charge < -0.3 is 5.32 Å². The lowest BCUT2D eigenvalue weighted by Crippen LogP contribution is -1.99. The van der Waals surface area contributed by atoms with Crippen molar-refractivity contribution in [2.24, 2.45) is 0 Å². The summed E-state index contributed by atoms with van der Waals surface area (Å²) in [6.45, 7) is 0.793. The smallest absolute Gasteiger partial charge is 0.127 e. The van der Waals surface area contributed by atoms with Crippen molar-refractivity contribution in [3.05, 3.63) is 43.6 Å². The van der Waals surface area contributed by atoms with Crippen molar-refractivity contribution in [3.8, 4) is 0 Å². The zero-order chi connectivity index (χ0) is 10.7. The van der Waals surface area contributed by atoms with E-state index in [1.54, 1.807) is 11.3 Å². The molecule has 2 aromatic heterocycles. The molecule has 0 amide bonds. The number of pyridine rings is 1. The summed E-state index contributed by atoms with van der Waals surface area (Å²) in [5.41, 5.74) is 0. The fraction of sp³-hybridized carbons (Fsp3) is 0.100. The third-order valence-electron chi connectivity index (χ3n) is 1.84. The Hall–Kier alpha value is -0.390. The third kappa shape index (κ3) is 3.03. The molecule has 1 N–H and O–H groups in total. The summed E-state index contributed by atoms with van der Waals surface area (Å²) in [5, 5.41) is 5.33. The molecule has 0 bridgehead atoms. The molecule has 0 atom stereocenters. The Kier molecular flexibility index (Phi) is 3.77. The second-order valence-electron chi connectivity index (χ2n) is 2.89. The maximum atomic E-state index is 4.30. The molecule has 0 unspecified atom stereocenters. The third-order valence-corrected chi connectivity index (χ3v) is 4.20. The van der Waals surface area contributed by atoms with Crippen LogP contribution in [0.1, 0.15) is 4.88 Å². The molecular formula is C10H8Br2N2S. The van der Waals surface area contributed by atoms with Crippen LogP contribution < -0.4 is 5.32 Å². The molecule has 2 heterocycles. The van der Waals surface area contributed by atoms with Crippen molar-refractivity contribution >= 4 is 49.0 Å². The minimum absolute atomic E-state index is 0.793. The van der Waals surface area contributed by atoms with Gasteiger partial charge in [-0.3, -0.25) is 0 Å². The molecule has 0 aliphatic rings. The molecule has 0 saturated carbocycles. The molecule has 15 heavy (non-hydrogen) atoms. The van der Waals surface area contributed by atoms with Crippen molar-refractivity contribution in [1.82, 2.24) is 4.98 Å². The van der Waals surface area contributed by atoms with Gasteiger partial charge in [0, 0.05) is 9.35 Å². The Labute approximate surface area is 109 Å². The fourth-order valence-corrected chi connectivity index (χ4v) is 2.90. The van der Waals surface area contributed by atoms with Crippen molar-refractivity contribution < 1.29 is 0 Å². The highest BCUT2D eigenvalue weighted by Crippen LogP contribution is 2.23. The van der Waals surface area contributed by atoms with Crippen LogP contribution in [0.25, 0.3) is 0 Å². The van der Waals surface area contributed by atoms with E-state index in [0.717, 1.165) is 21.4 Å². The summed E-state index contributed by atoms with van der Waals surface area (Å²) in [7, 11) is 0. The monoisotopic (exact) mass is 346 g/mol. The number of rotatable bonds is 3. The van der Waals surface area contributed by atoms with Crippen LogP contribution in [0.15, 0.2) is 38.7 Å². The molecule has 0 aromatic carbocycles. The second-order valence-corrected chi connectivity index (χ2v) is 5.56. The van der Waals surface area contributed by atoms with Crippen molar-refractivity contribution in [2.75, 3.05) is 5.32 Å². The van der Waals surface area contributed by atoms with Crippen LogP contribution in [-0.2, 0) is 6.54 Å². The van der Waals surface area contributed by atoms with Crippen molar-refractivity contribution in [1.29, 1.82) is 0 Å². The van der Waals surface area contributed by atoms with Gasteiger partial charge in [0.1, 0.15) is 10.4 Å². The minimum Gasteiger partial charge on any atom is -0.365 e. The van der Waals surface area contributed by atoms with Crippen LogP contribution in [0, 0.1) is 0 Å². The van der Waals surface area contributed by atoms with Gasteiger partial charge in [-0.05, 0) is 55.4 Å². The molecule has 0 radical (unpaired) electrons. The maximum absolute atomic E-state index is 4.30. The van der Waals surface area contributed by atoms with E-state index in [-0.39, 0.29) is 0 Å².